The standard InChI is InChI=1S/C23H23N3O6S/c1-29-17-9-13(10-18(30-2)20(17)31-3)21(27)24-15-8-6-5-7-14(15)19-12-26-11-16(22(28)32-4)25-23(26)33-19/h5-10,12,16H,11H2,1-4H3,(H,24,27). The van der Waals surface area contributed by atoms with Crippen molar-refractivity contribution in [3.63, 3.8) is 0 Å². The highest BCUT2D eigenvalue weighted by molar-refractivity contribution is 8.22. The lowest BCUT2D eigenvalue weighted by Crippen LogP contribution is -2.26. The molecule has 1 N–H and O–H groups in total. The molecule has 1 atom stereocenters. The number of benzene rings is 2. The zero-order valence-electron chi connectivity index (χ0n) is 18.6. The Hall–Kier alpha value is -3.66. The second kappa shape index (κ2) is 9.45. The van der Waals surface area contributed by atoms with Crippen molar-refractivity contribution in [1.82, 2.24) is 4.90 Å². The van der Waals surface area contributed by atoms with Crippen LogP contribution in [0.2, 0.25) is 0 Å². The van der Waals surface area contributed by atoms with Crippen molar-refractivity contribution in [2.75, 3.05) is 40.3 Å². The molecular formula is C23H23N3O6S. The number of rotatable bonds is 7. The van der Waals surface area contributed by atoms with Gasteiger partial charge < -0.3 is 29.2 Å². The topological polar surface area (TPSA) is 98.7 Å². The van der Waals surface area contributed by atoms with Gasteiger partial charge in [0.05, 0.1) is 35.0 Å². The summed E-state index contributed by atoms with van der Waals surface area (Å²) in [4.78, 5) is 32.1. The number of nitrogens with one attached hydrogen (secondary N) is 1. The van der Waals surface area contributed by atoms with Crippen LogP contribution in [0.3, 0.4) is 0 Å². The predicted molar refractivity (Wildman–Crippen MR) is 126 cm³/mol. The summed E-state index contributed by atoms with van der Waals surface area (Å²) in [5, 5.41) is 3.70. The summed E-state index contributed by atoms with van der Waals surface area (Å²) < 4.78 is 20.8. The van der Waals surface area contributed by atoms with E-state index in [-0.39, 0.29) is 11.9 Å². The maximum absolute atomic E-state index is 13.1. The minimum absolute atomic E-state index is 0.325. The van der Waals surface area contributed by atoms with Crippen LogP contribution in [0.1, 0.15) is 15.9 Å². The molecule has 172 valence electrons. The summed E-state index contributed by atoms with van der Waals surface area (Å²) in [5.74, 6) is 0.515. The van der Waals surface area contributed by atoms with Gasteiger partial charge in [0, 0.05) is 27.9 Å². The summed E-state index contributed by atoms with van der Waals surface area (Å²) in [6.45, 7) is 0.429. The molecule has 2 aromatic rings. The summed E-state index contributed by atoms with van der Waals surface area (Å²) in [6, 6.07) is 10.2. The van der Waals surface area contributed by atoms with Gasteiger partial charge in [0.2, 0.25) is 5.75 Å². The van der Waals surface area contributed by atoms with Crippen LogP contribution in [-0.2, 0) is 9.53 Å². The molecule has 10 heteroatoms. The lowest BCUT2D eigenvalue weighted by molar-refractivity contribution is -0.141. The minimum Gasteiger partial charge on any atom is -0.493 e. The van der Waals surface area contributed by atoms with Gasteiger partial charge in [-0.3, -0.25) is 4.79 Å². The number of amides is 1. The number of para-hydroxylation sites is 1. The van der Waals surface area contributed by atoms with E-state index < -0.39 is 6.04 Å². The third-order valence-corrected chi connectivity index (χ3v) is 6.26. The van der Waals surface area contributed by atoms with Gasteiger partial charge in [-0.15, -0.1) is 0 Å². The molecule has 0 saturated carbocycles. The molecular weight excluding hydrogens is 446 g/mol. The molecule has 0 bridgehead atoms. The van der Waals surface area contributed by atoms with Gasteiger partial charge in [-0.1, -0.05) is 18.2 Å². The number of methoxy groups -OCH3 is 4. The van der Waals surface area contributed by atoms with E-state index in [1.807, 2.05) is 35.4 Å². The van der Waals surface area contributed by atoms with E-state index >= 15 is 0 Å². The van der Waals surface area contributed by atoms with Gasteiger partial charge in [-0.05, 0) is 30.0 Å². The Labute approximate surface area is 195 Å². The van der Waals surface area contributed by atoms with Crippen LogP contribution >= 0.6 is 11.8 Å². The molecule has 2 aliphatic rings. The van der Waals surface area contributed by atoms with Gasteiger partial charge in [0.1, 0.15) is 0 Å². The summed E-state index contributed by atoms with van der Waals surface area (Å²) >= 11 is 1.44. The number of nitrogens with zero attached hydrogens (tertiary/aromatic N) is 2. The van der Waals surface area contributed by atoms with Crippen molar-refractivity contribution in [2.45, 2.75) is 6.04 Å². The number of anilines is 1. The molecule has 0 aromatic heterocycles. The van der Waals surface area contributed by atoms with E-state index in [2.05, 4.69) is 10.3 Å². The van der Waals surface area contributed by atoms with Gasteiger partial charge in [0.25, 0.3) is 5.91 Å². The molecule has 33 heavy (non-hydrogen) atoms. The van der Waals surface area contributed by atoms with Crippen molar-refractivity contribution in [2.24, 2.45) is 4.99 Å². The Balaban J connectivity index is 1.57. The zero-order valence-corrected chi connectivity index (χ0v) is 19.4. The molecule has 2 aromatic carbocycles. The molecule has 0 spiro atoms. The van der Waals surface area contributed by atoms with Crippen molar-refractivity contribution in [1.29, 1.82) is 0 Å². The quantitative estimate of drug-likeness (QED) is 0.618. The second-order valence-electron chi connectivity index (χ2n) is 7.11. The minimum atomic E-state index is -0.523. The molecule has 1 unspecified atom stereocenters. The number of thioether (sulfide) groups is 1. The molecule has 0 aliphatic carbocycles. The molecule has 2 aliphatic heterocycles. The van der Waals surface area contributed by atoms with Crippen LogP contribution in [-0.4, -0.2) is 63.0 Å². The van der Waals surface area contributed by atoms with Gasteiger partial charge in [-0.2, -0.15) is 0 Å². The van der Waals surface area contributed by atoms with Crippen molar-refractivity contribution >= 4 is 39.4 Å². The maximum Gasteiger partial charge on any atom is 0.332 e. The molecule has 4 rings (SSSR count). The fourth-order valence-corrected chi connectivity index (χ4v) is 4.66. The zero-order chi connectivity index (χ0) is 23.5. The van der Waals surface area contributed by atoms with E-state index in [1.54, 1.807) is 12.1 Å². The summed E-state index contributed by atoms with van der Waals surface area (Å²) in [7, 11) is 5.86. The van der Waals surface area contributed by atoms with Crippen LogP contribution in [0.4, 0.5) is 5.69 Å². The number of esters is 1. The third-order valence-electron chi connectivity index (χ3n) is 5.20. The molecule has 0 radical (unpaired) electrons. The lowest BCUT2D eigenvalue weighted by Gasteiger charge is -2.15. The first-order valence-corrected chi connectivity index (χ1v) is 10.8. The number of carbonyl (C=O) groups excluding carboxylic acids is 2. The fraction of sp³-hybridized carbons (Fsp3) is 0.261. The number of aliphatic imine (C=N–C) groups is 1. The predicted octanol–water partition coefficient (Wildman–Crippen LogP) is 3.22. The number of ether oxygens (including phenoxy) is 4. The van der Waals surface area contributed by atoms with E-state index in [1.165, 1.54) is 40.2 Å². The smallest absolute Gasteiger partial charge is 0.332 e. The summed E-state index contributed by atoms with van der Waals surface area (Å²) in [6.07, 6.45) is 1.93. The van der Waals surface area contributed by atoms with E-state index in [9.17, 15) is 9.59 Å². The monoisotopic (exact) mass is 469 g/mol. The van der Waals surface area contributed by atoms with E-state index in [4.69, 9.17) is 18.9 Å². The average Bonchev–Trinajstić information content (AvgIpc) is 3.42. The van der Waals surface area contributed by atoms with Crippen molar-refractivity contribution in [3.05, 3.63) is 53.7 Å². The Morgan fingerprint density at radius 1 is 1.06 bits per heavy atom. The Morgan fingerprint density at radius 2 is 1.76 bits per heavy atom. The number of hydrogen-bond donors (Lipinski definition) is 1. The molecule has 1 amide bonds. The van der Waals surface area contributed by atoms with Crippen LogP contribution in [0.5, 0.6) is 17.2 Å². The Kier molecular flexibility index (Phi) is 6.45. The highest BCUT2D eigenvalue weighted by atomic mass is 32.2. The normalized spacial score (nSPS) is 16.5. The molecule has 2 heterocycles. The van der Waals surface area contributed by atoms with Gasteiger partial charge in [-0.25, -0.2) is 9.79 Å². The largest absolute Gasteiger partial charge is 0.493 e. The average molecular weight is 470 g/mol. The Bertz CT molecular complexity index is 1140. The number of amidine groups is 1. The number of fused-ring (bicyclic) bond motifs is 1. The van der Waals surface area contributed by atoms with E-state index in [0.29, 0.717) is 35.0 Å². The molecule has 0 fully saturated rings. The first-order valence-electron chi connectivity index (χ1n) is 10.0. The fourth-order valence-electron chi connectivity index (χ4n) is 3.57. The van der Waals surface area contributed by atoms with Gasteiger partial charge >= 0.3 is 5.97 Å². The molecule has 9 nitrogen and oxygen atoms in total. The number of carbonyl (C=O) groups is 2. The SMILES string of the molecule is COC(=O)C1CN2C=C(c3ccccc3NC(=O)c3cc(OC)c(OC)c(OC)c3)SC2=N1. The van der Waals surface area contributed by atoms with Crippen LogP contribution in [0.15, 0.2) is 47.6 Å². The van der Waals surface area contributed by atoms with Crippen molar-refractivity contribution in [3.8, 4) is 17.2 Å². The lowest BCUT2D eigenvalue weighted by atomic mass is 10.1. The van der Waals surface area contributed by atoms with Crippen LogP contribution in [0, 0.1) is 0 Å². The highest BCUT2D eigenvalue weighted by Gasteiger charge is 2.35. The first kappa shape index (κ1) is 22.5. The maximum atomic E-state index is 13.1. The van der Waals surface area contributed by atoms with E-state index in [0.717, 1.165) is 15.6 Å². The highest BCUT2D eigenvalue weighted by Crippen LogP contribution is 2.42. The van der Waals surface area contributed by atoms with Crippen LogP contribution in [0.25, 0.3) is 4.91 Å². The molecule has 0 saturated heterocycles. The summed E-state index contributed by atoms with van der Waals surface area (Å²) in [5.41, 5.74) is 1.84. The second-order valence-corrected chi connectivity index (χ2v) is 8.12. The number of hydrogen-bond acceptors (Lipinski definition) is 9. The first-order chi connectivity index (χ1) is 16.0. The van der Waals surface area contributed by atoms with Gasteiger partial charge in [0.15, 0.2) is 22.7 Å². The van der Waals surface area contributed by atoms with Crippen LogP contribution < -0.4 is 19.5 Å². The Morgan fingerprint density at radius 3 is 2.36 bits per heavy atom. The third kappa shape index (κ3) is 4.34. The van der Waals surface area contributed by atoms with Crippen molar-refractivity contribution < 1.29 is 28.5 Å².